The Bertz CT molecular complexity index is 1330. The van der Waals surface area contributed by atoms with Crippen molar-refractivity contribution in [3.63, 3.8) is 0 Å². The number of nitrogens with zero attached hydrogens (tertiary/aromatic N) is 3. The minimum Gasteiger partial charge on any atom is -0.386 e. The Balaban J connectivity index is 2.12. The number of benzene rings is 3. The summed E-state index contributed by atoms with van der Waals surface area (Å²) in [5, 5.41) is 27.9. The topological polar surface area (TPSA) is 116 Å². The third-order valence-corrected chi connectivity index (χ3v) is 7.47. The minimum atomic E-state index is -4.34. The van der Waals surface area contributed by atoms with Gasteiger partial charge >= 0.3 is 7.82 Å². The Morgan fingerprint density at radius 2 is 0.771 bits per heavy atom. The fourth-order valence-electron chi connectivity index (χ4n) is 3.46. The summed E-state index contributed by atoms with van der Waals surface area (Å²) in [6, 6.07) is 15.7. The lowest BCUT2D eigenvalue weighted by atomic mass is 10.0. The highest BCUT2D eigenvalue weighted by molar-refractivity contribution is 7.49. The molecule has 3 aromatic rings. The number of rotatable bonds is 6. The summed E-state index contributed by atoms with van der Waals surface area (Å²) < 4.78 is 31.8. The molecular weight excluding hydrogens is 461 g/mol. The third-order valence-electron chi connectivity index (χ3n) is 6.20. The van der Waals surface area contributed by atoms with Crippen molar-refractivity contribution < 1.29 is 18.1 Å². The maximum absolute atomic E-state index is 14.1. The van der Waals surface area contributed by atoms with Gasteiger partial charge in [-0.3, -0.25) is 0 Å². The molecule has 0 aromatic heterocycles. The van der Waals surface area contributed by atoms with E-state index in [-0.39, 0.29) is 17.2 Å². The smallest absolute Gasteiger partial charge is 0.386 e. The van der Waals surface area contributed by atoms with E-state index in [1.54, 1.807) is 77.9 Å². The van der Waals surface area contributed by atoms with E-state index in [4.69, 9.17) is 13.6 Å². The first kappa shape index (κ1) is 25.4. The Kier molecular flexibility index (Phi) is 7.21. The van der Waals surface area contributed by atoms with Crippen molar-refractivity contribution in [2.45, 2.75) is 41.5 Å². The molecule has 0 atom stereocenters. The average Bonchev–Trinajstić information content (AvgIpc) is 2.83. The van der Waals surface area contributed by atoms with Crippen LogP contribution in [0.5, 0.6) is 17.2 Å². The Labute approximate surface area is 205 Å². The van der Waals surface area contributed by atoms with E-state index in [1.165, 1.54) is 0 Å². The highest BCUT2D eigenvalue weighted by Gasteiger charge is 2.35. The van der Waals surface area contributed by atoms with E-state index < -0.39 is 7.82 Å². The molecule has 7 nitrogen and oxygen atoms in total. The molecular formula is C27H24N3O4P. The van der Waals surface area contributed by atoms with Crippen LogP contribution in [0.4, 0.5) is 0 Å². The van der Waals surface area contributed by atoms with Gasteiger partial charge in [0.05, 0.1) is 34.9 Å². The van der Waals surface area contributed by atoms with E-state index in [1.807, 2.05) is 0 Å². The summed E-state index contributed by atoms with van der Waals surface area (Å²) in [6.07, 6.45) is 0. The zero-order chi connectivity index (χ0) is 25.9. The molecule has 0 heterocycles. The van der Waals surface area contributed by atoms with Crippen LogP contribution in [0.3, 0.4) is 0 Å². The van der Waals surface area contributed by atoms with Gasteiger partial charge in [0, 0.05) is 0 Å². The summed E-state index contributed by atoms with van der Waals surface area (Å²) in [7, 11) is -4.34. The van der Waals surface area contributed by atoms with Crippen LogP contribution >= 0.6 is 7.82 Å². The summed E-state index contributed by atoms with van der Waals surface area (Å²) in [5.74, 6) is 0.739. The summed E-state index contributed by atoms with van der Waals surface area (Å²) in [4.78, 5) is 0. The van der Waals surface area contributed by atoms with Crippen molar-refractivity contribution in [1.82, 2.24) is 0 Å². The molecule has 0 aliphatic heterocycles. The molecule has 0 aliphatic rings. The highest BCUT2D eigenvalue weighted by Crippen LogP contribution is 2.52. The summed E-state index contributed by atoms with van der Waals surface area (Å²) in [6.45, 7) is 10.6. The molecule has 0 bridgehead atoms. The van der Waals surface area contributed by atoms with Gasteiger partial charge in [-0.05, 0) is 111 Å². The molecule has 3 rings (SSSR count). The molecule has 8 heteroatoms. The minimum absolute atomic E-state index is 0.246. The van der Waals surface area contributed by atoms with Crippen molar-refractivity contribution in [3.8, 4) is 35.5 Å². The number of hydrogen-bond acceptors (Lipinski definition) is 7. The lowest BCUT2D eigenvalue weighted by molar-refractivity contribution is 0.296. The lowest BCUT2D eigenvalue weighted by Crippen LogP contribution is -2.10. The van der Waals surface area contributed by atoms with Crippen molar-refractivity contribution in [2.75, 3.05) is 0 Å². The van der Waals surface area contributed by atoms with Gasteiger partial charge in [-0.15, -0.1) is 0 Å². The lowest BCUT2D eigenvalue weighted by Gasteiger charge is -2.23. The van der Waals surface area contributed by atoms with Crippen LogP contribution in [0.15, 0.2) is 36.4 Å². The zero-order valence-corrected chi connectivity index (χ0v) is 21.3. The Morgan fingerprint density at radius 3 is 1.00 bits per heavy atom. The molecule has 0 aliphatic carbocycles. The molecule has 0 radical (unpaired) electrons. The molecule has 35 heavy (non-hydrogen) atoms. The molecule has 0 fully saturated rings. The molecule has 0 N–H and O–H groups in total. The quantitative estimate of drug-likeness (QED) is 0.353. The summed E-state index contributed by atoms with van der Waals surface area (Å²) >= 11 is 0. The maximum Gasteiger partial charge on any atom is 0.647 e. The number of phosphoric acid groups is 1. The molecule has 3 aromatic carbocycles. The van der Waals surface area contributed by atoms with Gasteiger partial charge in [0.1, 0.15) is 17.2 Å². The monoisotopic (exact) mass is 485 g/mol. The van der Waals surface area contributed by atoms with Crippen LogP contribution in [0.25, 0.3) is 0 Å². The number of hydrogen-bond donors (Lipinski definition) is 0. The normalized spacial score (nSPS) is 10.6. The fraction of sp³-hybridized carbons (Fsp3) is 0.222. The van der Waals surface area contributed by atoms with Crippen LogP contribution in [0.2, 0.25) is 0 Å². The zero-order valence-electron chi connectivity index (χ0n) is 20.4. The predicted octanol–water partition coefficient (Wildman–Crippen LogP) is 6.80. The van der Waals surface area contributed by atoms with E-state index in [2.05, 4.69) is 18.2 Å². The first-order valence-electron chi connectivity index (χ1n) is 10.7. The van der Waals surface area contributed by atoms with Crippen LogP contribution < -0.4 is 13.6 Å². The maximum atomic E-state index is 14.1. The second kappa shape index (κ2) is 9.94. The van der Waals surface area contributed by atoms with Crippen molar-refractivity contribution >= 4 is 7.82 Å². The van der Waals surface area contributed by atoms with E-state index in [9.17, 15) is 20.4 Å². The standard InChI is InChI=1S/C27H24N3O4P/c1-16-19(4)25(10-7-22(16)13-28)32-35(31,33-26-11-8-23(14-29)17(2)20(26)5)34-27-12-9-24(15-30)18(3)21(27)6/h7-12H,1-6H3. The van der Waals surface area contributed by atoms with E-state index in [0.29, 0.717) is 50.1 Å². The second-order valence-corrected chi connectivity index (χ2v) is 9.58. The van der Waals surface area contributed by atoms with Crippen molar-refractivity contribution in [2.24, 2.45) is 0 Å². The molecule has 0 saturated carbocycles. The van der Waals surface area contributed by atoms with Gasteiger partial charge in [-0.1, -0.05) is 0 Å². The predicted molar refractivity (Wildman–Crippen MR) is 131 cm³/mol. The van der Waals surface area contributed by atoms with Gasteiger partial charge in [-0.2, -0.15) is 20.4 Å². The first-order valence-corrected chi connectivity index (χ1v) is 12.2. The van der Waals surface area contributed by atoms with Gasteiger partial charge in [0.2, 0.25) is 0 Å². The SMILES string of the molecule is Cc1c(C#N)ccc(OP(=O)(Oc2ccc(C#N)c(C)c2C)Oc2ccc(C#N)c(C)c2C)c1C. The van der Waals surface area contributed by atoms with Crippen LogP contribution in [0, 0.1) is 75.5 Å². The van der Waals surface area contributed by atoms with Crippen molar-refractivity contribution in [1.29, 1.82) is 15.8 Å². The Hall–Kier alpha value is -4.24. The van der Waals surface area contributed by atoms with Crippen LogP contribution in [-0.2, 0) is 4.57 Å². The van der Waals surface area contributed by atoms with Crippen LogP contribution in [-0.4, -0.2) is 0 Å². The average molecular weight is 485 g/mol. The van der Waals surface area contributed by atoms with Gasteiger partial charge in [0.25, 0.3) is 0 Å². The molecule has 0 spiro atoms. The van der Waals surface area contributed by atoms with Crippen molar-refractivity contribution in [3.05, 3.63) is 86.5 Å². The fourth-order valence-corrected chi connectivity index (χ4v) is 4.89. The molecule has 0 saturated heterocycles. The van der Waals surface area contributed by atoms with Gasteiger partial charge < -0.3 is 13.6 Å². The van der Waals surface area contributed by atoms with Crippen LogP contribution in [0.1, 0.15) is 50.1 Å². The first-order chi connectivity index (χ1) is 16.5. The van der Waals surface area contributed by atoms with E-state index >= 15 is 0 Å². The van der Waals surface area contributed by atoms with Gasteiger partial charge in [-0.25, -0.2) is 0 Å². The third kappa shape index (κ3) is 4.99. The Morgan fingerprint density at radius 1 is 0.514 bits per heavy atom. The largest absolute Gasteiger partial charge is 0.647 e. The van der Waals surface area contributed by atoms with E-state index in [0.717, 1.165) is 0 Å². The molecule has 176 valence electrons. The number of nitriles is 3. The molecule has 0 amide bonds. The highest BCUT2D eigenvalue weighted by atomic mass is 31.2. The summed E-state index contributed by atoms with van der Waals surface area (Å²) in [5.41, 5.74) is 5.36. The van der Waals surface area contributed by atoms with Gasteiger partial charge in [0.15, 0.2) is 0 Å². The molecule has 0 unspecified atom stereocenters. The number of phosphoric ester groups is 1. The second-order valence-electron chi connectivity index (χ2n) is 8.14.